The predicted molar refractivity (Wildman–Crippen MR) is 111 cm³/mol. The summed E-state index contributed by atoms with van der Waals surface area (Å²) in [6.45, 7) is 7.46. The maximum atomic E-state index is 12.4. The molecule has 1 aliphatic carbocycles. The van der Waals surface area contributed by atoms with Gasteiger partial charge in [-0.1, -0.05) is 30.3 Å². The van der Waals surface area contributed by atoms with E-state index in [0.29, 0.717) is 18.3 Å². The number of pyridine rings is 1. The molecule has 2 aromatic heterocycles. The minimum atomic E-state index is 0.119. The maximum Gasteiger partial charge on any atom is 0.223 e. The van der Waals surface area contributed by atoms with Gasteiger partial charge in [0.2, 0.25) is 5.91 Å². The summed E-state index contributed by atoms with van der Waals surface area (Å²) in [7, 11) is 0. The largest absolute Gasteiger partial charge is 0.382 e. The van der Waals surface area contributed by atoms with E-state index < -0.39 is 0 Å². The molecule has 0 bridgehead atoms. The van der Waals surface area contributed by atoms with E-state index in [2.05, 4.69) is 38.9 Å². The lowest BCUT2D eigenvalue weighted by Gasteiger charge is -2.11. The number of rotatable bonds is 6. The van der Waals surface area contributed by atoms with Crippen LogP contribution in [0.5, 0.6) is 0 Å². The summed E-state index contributed by atoms with van der Waals surface area (Å²) in [5.41, 5.74) is 11.2. The highest BCUT2D eigenvalue weighted by Crippen LogP contribution is 2.47. The molecule has 28 heavy (non-hydrogen) atoms. The van der Waals surface area contributed by atoms with Crippen LogP contribution in [0.15, 0.2) is 30.3 Å². The van der Waals surface area contributed by atoms with E-state index in [0.717, 1.165) is 47.5 Å². The van der Waals surface area contributed by atoms with Crippen LogP contribution in [0.2, 0.25) is 0 Å². The van der Waals surface area contributed by atoms with Gasteiger partial charge >= 0.3 is 0 Å². The average Bonchev–Trinajstić information content (AvgIpc) is 3.42. The molecule has 0 spiro atoms. The summed E-state index contributed by atoms with van der Waals surface area (Å²) in [6.07, 6.45) is 1.80. The van der Waals surface area contributed by atoms with Crippen LogP contribution in [0.1, 0.15) is 41.4 Å². The van der Waals surface area contributed by atoms with Crippen LogP contribution in [-0.4, -0.2) is 27.0 Å². The lowest BCUT2D eigenvalue weighted by Crippen LogP contribution is -2.27. The highest BCUT2D eigenvalue weighted by molar-refractivity contribution is 5.88. The zero-order valence-electron chi connectivity index (χ0n) is 16.7. The number of nitrogens with zero attached hydrogens (tertiary/aromatic N) is 3. The van der Waals surface area contributed by atoms with Crippen molar-refractivity contribution in [1.29, 1.82) is 0 Å². The number of nitrogens with two attached hydrogens (primary N) is 1. The first-order chi connectivity index (χ1) is 13.5. The Morgan fingerprint density at radius 3 is 2.71 bits per heavy atom. The van der Waals surface area contributed by atoms with Gasteiger partial charge in [-0.3, -0.25) is 4.79 Å². The lowest BCUT2D eigenvalue weighted by molar-refractivity contribution is -0.122. The highest BCUT2D eigenvalue weighted by atomic mass is 16.2. The zero-order chi connectivity index (χ0) is 19.8. The van der Waals surface area contributed by atoms with Crippen molar-refractivity contribution < 1.29 is 4.79 Å². The Balaban J connectivity index is 1.35. The van der Waals surface area contributed by atoms with E-state index in [1.54, 1.807) is 0 Å². The summed E-state index contributed by atoms with van der Waals surface area (Å²) >= 11 is 0. The number of aromatic nitrogens is 3. The summed E-state index contributed by atoms with van der Waals surface area (Å²) in [5.74, 6) is 2.07. The first kappa shape index (κ1) is 18.5. The number of nitrogen functional groups attached to an aromatic ring is 1. The van der Waals surface area contributed by atoms with Crippen molar-refractivity contribution >= 4 is 22.8 Å². The number of imidazole rings is 1. The molecule has 1 fully saturated rings. The SMILES string of the molecule is Cc1nc(N)c2nc(C)n(CCCNC(=O)C3CC3c3ccccc3)c2c1C. The smallest absolute Gasteiger partial charge is 0.223 e. The third-order valence-electron chi connectivity index (χ3n) is 5.80. The number of fused-ring (bicyclic) bond motifs is 1. The summed E-state index contributed by atoms with van der Waals surface area (Å²) in [6, 6.07) is 10.3. The van der Waals surface area contributed by atoms with Crippen molar-refractivity contribution in [2.75, 3.05) is 12.3 Å². The molecule has 1 aromatic carbocycles. The predicted octanol–water partition coefficient (Wildman–Crippen LogP) is 3.25. The Kier molecular flexibility index (Phi) is 4.79. The number of benzene rings is 1. The number of carbonyl (C=O) groups is 1. The monoisotopic (exact) mass is 377 g/mol. The van der Waals surface area contributed by atoms with Gasteiger partial charge in [-0.15, -0.1) is 0 Å². The third-order valence-corrected chi connectivity index (χ3v) is 5.80. The first-order valence-electron chi connectivity index (χ1n) is 9.89. The molecule has 6 nitrogen and oxygen atoms in total. The highest BCUT2D eigenvalue weighted by Gasteiger charge is 2.43. The topological polar surface area (TPSA) is 85.8 Å². The molecule has 0 aliphatic heterocycles. The molecular weight excluding hydrogens is 350 g/mol. The van der Waals surface area contributed by atoms with Crippen LogP contribution in [0.4, 0.5) is 5.82 Å². The van der Waals surface area contributed by atoms with Gasteiger partial charge in [-0.05, 0) is 50.7 Å². The van der Waals surface area contributed by atoms with Gasteiger partial charge in [0.15, 0.2) is 5.82 Å². The van der Waals surface area contributed by atoms with Gasteiger partial charge in [0, 0.05) is 24.7 Å². The van der Waals surface area contributed by atoms with Crippen LogP contribution in [0, 0.1) is 26.7 Å². The molecule has 6 heteroatoms. The van der Waals surface area contributed by atoms with Gasteiger partial charge in [-0.25, -0.2) is 9.97 Å². The number of aryl methyl sites for hydroxylation is 4. The second-order valence-corrected chi connectivity index (χ2v) is 7.72. The Morgan fingerprint density at radius 1 is 1.21 bits per heavy atom. The lowest BCUT2D eigenvalue weighted by atomic mass is 10.1. The van der Waals surface area contributed by atoms with Crippen LogP contribution in [0.25, 0.3) is 11.0 Å². The van der Waals surface area contributed by atoms with Crippen LogP contribution in [0.3, 0.4) is 0 Å². The molecule has 0 saturated heterocycles. The van der Waals surface area contributed by atoms with E-state index in [1.807, 2.05) is 32.0 Å². The van der Waals surface area contributed by atoms with E-state index >= 15 is 0 Å². The summed E-state index contributed by atoms with van der Waals surface area (Å²) in [5, 5.41) is 3.10. The van der Waals surface area contributed by atoms with Gasteiger partial charge in [0.1, 0.15) is 11.3 Å². The van der Waals surface area contributed by atoms with Gasteiger partial charge in [-0.2, -0.15) is 0 Å². The van der Waals surface area contributed by atoms with Crippen LogP contribution < -0.4 is 11.1 Å². The minimum Gasteiger partial charge on any atom is -0.382 e. The zero-order valence-corrected chi connectivity index (χ0v) is 16.7. The summed E-state index contributed by atoms with van der Waals surface area (Å²) < 4.78 is 2.19. The number of hydrogen-bond donors (Lipinski definition) is 2. The number of amides is 1. The molecule has 0 radical (unpaired) electrons. The van der Waals surface area contributed by atoms with Gasteiger partial charge < -0.3 is 15.6 Å². The fourth-order valence-electron chi connectivity index (χ4n) is 4.02. The van der Waals surface area contributed by atoms with Crippen LogP contribution in [-0.2, 0) is 11.3 Å². The molecule has 4 rings (SSSR count). The Morgan fingerprint density at radius 2 is 1.96 bits per heavy atom. The fourth-order valence-corrected chi connectivity index (χ4v) is 4.02. The Labute approximate surface area is 165 Å². The number of hydrogen-bond acceptors (Lipinski definition) is 4. The molecule has 3 aromatic rings. The van der Waals surface area contributed by atoms with Crippen molar-refractivity contribution in [2.45, 2.75) is 46.1 Å². The Hall–Kier alpha value is -2.89. The van der Waals surface area contributed by atoms with E-state index in [9.17, 15) is 4.79 Å². The van der Waals surface area contributed by atoms with Crippen molar-refractivity contribution in [3.63, 3.8) is 0 Å². The normalized spacial score (nSPS) is 18.4. The van der Waals surface area contributed by atoms with Crippen molar-refractivity contribution in [3.8, 4) is 0 Å². The third kappa shape index (κ3) is 3.35. The average molecular weight is 377 g/mol. The fraction of sp³-hybridized carbons (Fsp3) is 0.409. The minimum absolute atomic E-state index is 0.119. The standard InChI is InChI=1S/C22H27N5O/c1-13-14(2)25-21(23)19-20(13)27(15(3)26-19)11-7-10-24-22(28)18-12-17(18)16-8-5-4-6-9-16/h4-6,8-9,17-18H,7,10-12H2,1-3H3,(H2,23,25)(H,24,28). The quantitative estimate of drug-likeness (QED) is 0.646. The molecule has 1 amide bonds. The van der Waals surface area contributed by atoms with E-state index in [-0.39, 0.29) is 11.8 Å². The molecule has 1 saturated carbocycles. The second-order valence-electron chi connectivity index (χ2n) is 7.72. The number of carbonyl (C=O) groups excluding carboxylic acids is 1. The van der Waals surface area contributed by atoms with E-state index in [4.69, 9.17) is 5.73 Å². The molecule has 2 unspecified atom stereocenters. The van der Waals surface area contributed by atoms with Gasteiger partial charge in [0.25, 0.3) is 0 Å². The van der Waals surface area contributed by atoms with Crippen molar-refractivity contribution in [3.05, 3.63) is 53.0 Å². The molecule has 2 heterocycles. The van der Waals surface area contributed by atoms with E-state index in [1.165, 1.54) is 5.56 Å². The molecule has 146 valence electrons. The van der Waals surface area contributed by atoms with Crippen LogP contribution >= 0.6 is 0 Å². The van der Waals surface area contributed by atoms with Crippen molar-refractivity contribution in [1.82, 2.24) is 19.9 Å². The molecule has 2 atom stereocenters. The molecule has 3 N–H and O–H groups in total. The second kappa shape index (κ2) is 7.26. The molecule has 1 aliphatic rings. The van der Waals surface area contributed by atoms with Crippen molar-refractivity contribution in [2.24, 2.45) is 5.92 Å². The van der Waals surface area contributed by atoms with Gasteiger partial charge in [0.05, 0.1) is 5.52 Å². The number of nitrogens with one attached hydrogen (secondary N) is 1. The first-order valence-corrected chi connectivity index (χ1v) is 9.89. The Bertz CT molecular complexity index is 1020. The maximum absolute atomic E-state index is 12.4. The molecular formula is C22H27N5O. The summed E-state index contributed by atoms with van der Waals surface area (Å²) in [4.78, 5) is 21.4. The number of anilines is 1.